The molecule has 1 heterocycles. The molecule has 1 atom stereocenters. The van der Waals surface area contributed by atoms with Gasteiger partial charge in [0.1, 0.15) is 11.3 Å². The van der Waals surface area contributed by atoms with E-state index in [1.807, 2.05) is 55.5 Å². The Hall–Kier alpha value is -2.95. The number of ether oxygens (including phenoxy) is 1. The molecule has 0 aliphatic rings. The van der Waals surface area contributed by atoms with Crippen molar-refractivity contribution in [3.63, 3.8) is 0 Å². The number of aryl methyl sites for hydroxylation is 1. The number of nitrogens with one attached hydrogen (secondary N) is 2. The predicted octanol–water partition coefficient (Wildman–Crippen LogP) is 4.62. The van der Waals surface area contributed by atoms with E-state index >= 15 is 0 Å². The first-order valence-electron chi connectivity index (χ1n) is 9.16. The van der Waals surface area contributed by atoms with E-state index in [2.05, 4.69) is 24.5 Å². The Kier molecular flexibility index (Phi) is 5.69. The van der Waals surface area contributed by atoms with Gasteiger partial charge in [-0.1, -0.05) is 32.0 Å². The molecule has 1 amide bonds. The van der Waals surface area contributed by atoms with Crippen LogP contribution in [-0.4, -0.2) is 25.6 Å². The molecule has 27 heavy (non-hydrogen) atoms. The van der Waals surface area contributed by atoms with Crippen LogP contribution in [0.15, 0.2) is 52.9 Å². The normalized spacial score (nSPS) is 12.2. The van der Waals surface area contributed by atoms with Crippen molar-refractivity contribution < 1.29 is 13.9 Å². The van der Waals surface area contributed by atoms with Crippen LogP contribution in [0, 0.1) is 12.8 Å². The van der Waals surface area contributed by atoms with Crippen molar-refractivity contribution in [3.05, 3.63) is 59.9 Å². The monoisotopic (exact) mass is 366 g/mol. The van der Waals surface area contributed by atoms with Crippen LogP contribution in [0.5, 0.6) is 5.75 Å². The Morgan fingerprint density at radius 1 is 1.15 bits per heavy atom. The van der Waals surface area contributed by atoms with Gasteiger partial charge in [0.25, 0.3) is 5.91 Å². The van der Waals surface area contributed by atoms with Crippen LogP contribution >= 0.6 is 0 Å². The molecule has 1 unspecified atom stereocenters. The van der Waals surface area contributed by atoms with E-state index in [1.54, 1.807) is 7.11 Å². The van der Waals surface area contributed by atoms with Crippen molar-refractivity contribution in [3.8, 4) is 5.75 Å². The highest BCUT2D eigenvalue weighted by molar-refractivity contribution is 5.99. The van der Waals surface area contributed by atoms with Gasteiger partial charge in [-0.3, -0.25) is 4.79 Å². The number of para-hydroxylation sites is 1. The summed E-state index contributed by atoms with van der Waals surface area (Å²) in [7, 11) is 1.62. The number of furan rings is 1. The van der Waals surface area contributed by atoms with Gasteiger partial charge in [-0.15, -0.1) is 0 Å². The van der Waals surface area contributed by atoms with Gasteiger partial charge in [-0.05, 0) is 43.2 Å². The van der Waals surface area contributed by atoms with Gasteiger partial charge in [0.05, 0.1) is 7.11 Å². The molecule has 0 radical (unpaired) electrons. The number of hydrogen-bond acceptors (Lipinski definition) is 4. The zero-order valence-corrected chi connectivity index (χ0v) is 16.2. The Balaban J connectivity index is 1.72. The van der Waals surface area contributed by atoms with Crippen molar-refractivity contribution in [2.75, 3.05) is 19.0 Å². The molecule has 142 valence electrons. The number of methoxy groups -OCH3 is 1. The van der Waals surface area contributed by atoms with Crippen LogP contribution < -0.4 is 15.4 Å². The fraction of sp³-hybridized carbons (Fsp3) is 0.318. The van der Waals surface area contributed by atoms with Gasteiger partial charge in [0.2, 0.25) is 0 Å². The molecule has 2 aromatic carbocycles. The first-order valence-corrected chi connectivity index (χ1v) is 9.16. The number of benzene rings is 2. The number of carbonyl (C=O) groups is 1. The highest BCUT2D eigenvalue weighted by Gasteiger charge is 2.20. The van der Waals surface area contributed by atoms with Gasteiger partial charge < -0.3 is 19.8 Å². The third-order valence-electron chi connectivity index (χ3n) is 4.76. The Bertz CT molecular complexity index is 916. The van der Waals surface area contributed by atoms with Crippen molar-refractivity contribution >= 4 is 22.6 Å². The summed E-state index contributed by atoms with van der Waals surface area (Å²) in [6, 6.07) is 15.7. The van der Waals surface area contributed by atoms with Crippen LogP contribution in [0.4, 0.5) is 5.69 Å². The van der Waals surface area contributed by atoms with E-state index in [0.717, 1.165) is 22.4 Å². The zero-order valence-electron chi connectivity index (χ0n) is 16.2. The zero-order chi connectivity index (χ0) is 19.4. The van der Waals surface area contributed by atoms with E-state index in [0.29, 0.717) is 23.8 Å². The highest BCUT2D eigenvalue weighted by Crippen LogP contribution is 2.28. The van der Waals surface area contributed by atoms with Crippen molar-refractivity contribution in [1.29, 1.82) is 0 Å². The molecule has 0 spiro atoms. The molecular weight excluding hydrogens is 340 g/mol. The average molecular weight is 366 g/mol. The summed E-state index contributed by atoms with van der Waals surface area (Å²) in [6.45, 7) is 6.66. The van der Waals surface area contributed by atoms with E-state index in [9.17, 15) is 4.79 Å². The molecule has 3 rings (SSSR count). The van der Waals surface area contributed by atoms with Crippen LogP contribution in [0.1, 0.15) is 30.0 Å². The summed E-state index contributed by atoms with van der Waals surface area (Å²) in [6.07, 6.45) is 0. The van der Waals surface area contributed by atoms with E-state index in [4.69, 9.17) is 9.15 Å². The smallest absolute Gasteiger partial charge is 0.287 e. The Labute approximate surface area is 159 Å². The number of anilines is 1. The van der Waals surface area contributed by atoms with Gasteiger partial charge in [0.15, 0.2) is 5.76 Å². The Morgan fingerprint density at radius 3 is 2.56 bits per heavy atom. The van der Waals surface area contributed by atoms with Crippen molar-refractivity contribution in [2.24, 2.45) is 5.92 Å². The maximum atomic E-state index is 12.7. The molecule has 0 fully saturated rings. The van der Waals surface area contributed by atoms with Crippen LogP contribution in [0.25, 0.3) is 11.0 Å². The van der Waals surface area contributed by atoms with E-state index < -0.39 is 0 Å². The molecule has 5 nitrogen and oxygen atoms in total. The minimum atomic E-state index is -0.205. The van der Waals surface area contributed by atoms with Gasteiger partial charge >= 0.3 is 0 Å². The SMILES string of the molecule is COc1ccc2oc(C(=O)NCC(Nc3ccccc3)C(C)C)c(C)c2c1. The molecular formula is C22H26N2O3. The van der Waals surface area contributed by atoms with E-state index in [-0.39, 0.29) is 11.9 Å². The largest absolute Gasteiger partial charge is 0.497 e. The number of fused-ring (bicyclic) bond motifs is 1. The Morgan fingerprint density at radius 2 is 1.89 bits per heavy atom. The number of amides is 1. The lowest BCUT2D eigenvalue weighted by Gasteiger charge is -2.23. The molecule has 0 bridgehead atoms. The molecule has 0 saturated heterocycles. The number of carbonyl (C=O) groups excluding carboxylic acids is 1. The summed E-state index contributed by atoms with van der Waals surface area (Å²) in [4.78, 5) is 12.7. The molecule has 0 aliphatic heterocycles. The summed E-state index contributed by atoms with van der Waals surface area (Å²) in [5, 5.41) is 7.38. The van der Waals surface area contributed by atoms with Crippen molar-refractivity contribution in [2.45, 2.75) is 26.8 Å². The maximum Gasteiger partial charge on any atom is 0.287 e. The molecule has 0 saturated carbocycles. The molecule has 5 heteroatoms. The number of hydrogen-bond donors (Lipinski definition) is 2. The second-order valence-electron chi connectivity index (χ2n) is 6.99. The van der Waals surface area contributed by atoms with Crippen molar-refractivity contribution in [1.82, 2.24) is 5.32 Å². The molecule has 0 aliphatic carbocycles. The fourth-order valence-corrected chi connectivity index (χ4v) is 3.03. The summed E-state index contributed by atoms with van der Waals surface area (Å²) in [5.74, 6) is 1.24. The fourth-order valence-electron chi connectivity index (χ4n) is 3.03. The second kappa shape index (κ2) is 8.16. The van der Waals surface area contributed by atoms with Gasteiger partial charge in [0, 0.05) is 29.2 Å². The lowest BCUT2D eigenvalue weighted by molar-refractivity contribution is 0.0924. The third-order valence-corrected chi connectivity index (χ3v) is 4.76. The molecule has 3 aromatic rings. The highest BCUT2D eigenvalue weighted by atomic mass is 16.5. The second-order valence-corrected chi connectivity index (χ2v) is 6.99. The minimum Gasteiger partial charge on any atom is -0.497 e. The predicted molar refractivity (Wildman–Crippen MR) is 109 cm³/mol. The lowest BCUT2D eigenvalue weighted by atomic mass is 10.0. The summed E-state index contributed by atoms with van der Waals surface area (Å²) >= 11 is 0. The van der Waals surface area contributed by atoms with Crippen LogP contribution in [-0.2, 0) is 0 Å². The van der Waals surface area contributed by atoms with Gasteiger partial charge in [-0.25, -0.2) is 0 Å². The number of rotatable bonds is 7. The first-order chi connectivity index (χ1) is 13.0. The van der Waals surface area contributed by atoms with Crippen LogP contribution in [0.2, 0.25) is 0 Å². The average Bonchev–Trinajstić information content (AvgIpc) is 3.01. The standard InChI is InChI=1S/C22H26N2O3/c1-14(2)19(24-16-8-6-5-7-9-16)13-23-22(25)21-15(3)18-12-17(26-4)10-11-20(18)27-21/h5-12,14,19,24H,13H2,1-4H3,(H,23,25). The first kappa shape index (κ1) is 18.8. The topological polar surface area (TPSA) is 63.5 Å². The molecule has 2 N–H and O–H groups in total. The minimum absolute atomic E-state index is 0.112. The molecule has 1 aromatic heterocycles. The lowest BCUT2D eigenvalue weighted by Crippen LogP contribution is -2.39. The quantitative estimate of drug-likeness (QED) is 0.641. The third kappa shape index (κ3) is 4.25. The van der Waals surface area contributed by atoms with E-state index in [1.165, 1.54) is 0 Å². The van der Waals surface area contributed by atoms with Crippen LogP contribution in [0.3, 0.4) is 0 Å². The maximum absolute atomic E-state index is 12.7. The summed E-state index contributed by atoms with van der Waals surface area (Å²) in [5.41, 5.74) is 2.54. The summed E-state index contributed by atoms with van der Waals surface area (Å²) < 4.78 is 11.0. The van der Waals surface area contributed by atoms with Gasteiger partial charge in [-0.2, -0.15) is 0 Å².